The fourth-order valence-electron chi connectivity index (χ4n) is 0.893. The summed E-state index contributed by atoms with van der Waals surface area (Å²) in [6, 6.07) is 0. The maximum atomic E-state index is 13.6. The Morgan fingerprint density at radius 2 is 2.13 bits per heavy atom. The first-order valence-electron chi connectivity index (χ1n) is 5.16. The normalized spacial score (nSPS) is 15.8. The minimum absolute atomic E-state index is 0.457. The summed E-state index contributed by atoms with van der Waals surface area (Å²) in [5, 5.41) is 2.92. The summed E-state index contributed by atoms with van der Waals surface area (Å²) in [5.74, 6) is 0. The van der Waals surface area contributed by atoms with Gasteiger partial charge >= 0.3 is 0 Å². The SMILES string of the molecule is CNCCC(C)(F)/C=C/N=CC=C(C)C. The predicted molar refractivity (Wildman–Crippen MR) is 65.1 cm³/mol. The van der Waals surface area contributed by atoms with Gasteiger partial charge in [0.15, 0.2) is 0 Å². The Balaban J connectivity index is 4.03. The van der Waals surface area contributed by atoms with E-state index < -0.39 is 5.67 Å². The fraction of sp³-hybridized carbons (Fsp3) is 0.583. The highest BCUT2D eigenvalue weighted by Crippen LogP contribution is 2.16. The molecule has 0 radical (unpaired) electrons. The lowest BCUT2D eigenvalue weighted by Gasteiger charge is -2.14. The van der Waals surface area contributed by atoms with E-state index in [2.05, 4.69) is 10.3 Å². The molecule has 0 aromatic rings. The summed E-state index contributed by atoms with van der Waals surface area (Å²) in [6.45, 7) is 6.19. The van der Waals surface area contributed by atoms with Crippen molar-refractivity contribution in [3.8, 4) is 0 Å². The molecule has 0 rings (SSSR count). The lowest BCUT2D eigenvalue weighted by molar-refractivity contribution is 0.239. The van der Waals surface area contributed by atoms with Crippen molar-refractivity contribution in [3.63, 3.8) is 0 Å². The zero-order chi connectivity index (χ0) is 11.7. The van der Waals surface area contributed by atoms with E-state index in [1.54, 1.807) is 13.1 Å². The Bertz CT molecular complexity index is 248. The smallest absolute Gasteiger partial charge is 0.129 e. The number of hydrogen-bond donors (Lipinski definition) is 1. The highest BCUT2D eigenvalue weighted by atomic mass is 19.1. The minimum atomic E-state index is -1.29. The van der Waals surface area contributed by atoms with Gasteiger partial charge in [0, 0.05) is 12.4 Å². The molecule has 0 fully saturated rings. The molecule has 1 N–H and O–H groups in total. The van der Waals surface area contributed by atoms with Gasteiger partial charge in [0.2, 0.25) is 0 Å². The van der Waals surface area contributed by atoms with Crippen LogP contribution in [-0.4, -0.2) is 25.5 Å². The van der Waals surface area contributed by atoms with E-state index in [4.69, 9.17) is 0 Å². The van der Waals surface area contributed by atoms with Crippen LogP contribution < -0.4 is 5.32 Å². The van der Waals surface area contributed by atoms with Gasteiger partial charge in [0.25, 0.3) is 0 Å². The minimum Gasteiger partial charge on any atom is -0.320 e. The average molecular weight is 212 g/mol. The molecule has 0 aromatic carbocycles. The van der Waals surface area contributed by atoms with E-state index in [-0.39, 0.29) is 0 Å². The number of rotatable bonds is 6. The van der Waals surface area contributed by atoms with Crippen molar-refractivity contribution in [3.05, 3.63) is 23.9 Å². The van der Waals surface area contributed by atoms with Crippen molar-refractivity contribution in [2.24, 2.45) is 4.99 Å². The summed E-state index contributed by atoms with van der Waals surface area (Å²) < 4.78 is 13.6. The third-order valence-corrected chi connectivity index (χ3v) is 1.87. The van der Waals surface area contributed by atoms with Crippen LogP contribution in [0.2, 0.25) is 0 Å². The standard InChI is InChI=1S/C12H21FN2/c1-11(2)5-8-15-10-7-12(3,13)6-9-14-4/h5,7-8,10,14H,6,9H2,1-4H3/b10-7+,15-8?. The van der Waals surface area contributed by atoms with Gasteiger partial charge in [-0.2, -0.15) is 0 Å². The van der Waals surface area contributed by atoms with Gasteiger partial charge in [0.1, 0.15) is 5.67 Å². The van der Waals surface area contributed by atoms with Crippen LogP contribution in [0.1, 0.15) is 27.2 Å². The van der Waals surface area contributed by atoms with Crippen molar-refractivity contribution in [1.82, 2.24) is 5.32 Å². The molecule has 0 bridgehead atoms. The van der Waals surface area contributed by atoms with Crippen molar-refractivity contribution in [2.45, 2.75) is 32.9 Å². The van der Waals surface area contributed by atoms with Crippen LogP contribution in [0.3, 0.4) is 0 Å². The van der Waals surface area contributed by atoms with Gasteiger partial charge in [-0.3, -0.25) is 4.99 Å². The molecule has 15 heavy (non-hydrogen) atoms. The molecule has 0 saturated carbocycles. The van der Waals surface area contributed by atoms with Crippen LogP contribution >= 0.6 is 0 Å². The zero-order valence-electron chi connectivity index (χ0n) is 10.0. The highest BCUT2D eigenvalue weighted by Gasteiger charge is 2.17. The number of hydrogen-bond acceptors (Lipinski definition) is 2. The fourth-order valence-corrected chi connectivity index (χ4v) is 0.893. The Kier molecular flexibility index (Phi) is 6.88. The third kappa shape index (κ3) is 9.35. The van der Waals surface area contributed by atoms with Crippen molar-refractivity contribution >= 4 is 6.21 Å². The molecule has 3 heteroatoms. The largest absolute Gasteiger partial charge is 0.320 e. The molecule has 0 saturated heterocycles. The van der Waals surface area contributed by atoms with Crippen LogP contribution in [0.4, 0.5) is 4.39 Å². The van der Waals surface area contributed by atoms with E-state index in [0.29, 0.717) is 13.0 Å². The Labute approximate surface area is 92.0 Å². The number of alkyl halides is 1. The molecule has 0 heterocycles. The van der Waals surface area contributed by atoms with Crippen molar-refractivity contribution in [2.75, 3.05) is 13.6 Å². The highest BCUT2D eigenvalue weighted by molar-refractivity contribution is 5.72. The lowest BCUT2D eigenvalue weighted by Crippen LogP contribution is -2.21. The Hall–Kier alpha value is -0.960. The van der Waals surface area contributed by atoms with E-state index in [1.807, 2.05) is 27.0 Å². The van der Waals surface area contributed by atoms with Gasteiger partial charge in [-0.15, -0.1) is 0 Å². The topological polar surface area (TPSA) is 24.4 Å². The summed E-state index contributed by atoms with van der Waals surface area (Å²) in [6.07, 6.45) is 7.00. The van der Waals surface area contributed by atoms with Crippen LogP contribution in [0.15, 0.2) is 28.9 Å². The molecule has 0 aromatic heterocycles. The summed E-state index contributed by atoms with van der Waals surface area (Å²) in [7, 11) is 1.81. The molecule has 1 unspecified atom stereocenters. The molecule has 1 atom stereocenters. The molecule has 0 spiro atoms. The maximum absolute atomic E-state index is 13.6. The number of halogens is 1. The first-order valence-corrected chi connectivity index (χ1v) is 5.16. The van der Waals surface area contributed by atoms with E-state index >= 15 is 0 Å². The van der Waals surface area contributed by atoms with E-state index in [9.17, 15) is 4.39 Å². The molecular formula is C12H21FN2. The van der Waals surface area contributed by atoms with Crippen LogP contribution in [0.25, 0.3) is 0 Å². The van der Waals surface area contributed by atoms with E-state index in [1.165, 1.54) is 17.8 Å². The first kappa shape index (κ1) is 14.0. The Morgan fingerprint density at radius 1 is 1.47 bits per heavy atom. The maximum Gasteiger partial charge on any atom is 0.129 e. The number of aliphatic imine (C=N–C) groups is 1. The molecule has 86 valence electrons. The quantitative estimate of drug-likeness (QED) is 0.673. The van der Waals surface area contributed by atoms with Crippen molar-refractivity contribution < 1.29 is 4.39 Å². The second-order valence-electron chi connectivity index (χ2n) is 3.99. The average Bonchev–Trinajstić information content (AvgIpc) is 2.14. The van der Waals surface area contributed by atoms with Gasteiger partial charge in [-0.25, -0.2) is 4.39 Å². The van der Waals surface area contributed by atoms with Crippen LogP contribution in [-0.2, 0) is 0 Å². The molecular weight excluding hydrogens is 191 g/mol. The summed E-state index contributed by atoms with van der Waals surface area (Å²) in [4.78, 5) is 3.96. The van der Waals surface area contributed by atoms with Crippen LogP contribution in [0, 0.1) is 0 Å². The Morgan fingerprint density at radius 3 is 2.67 bits per heavy atom. The van der Waals surface area contributed by atoms with E-state index in [0.717, 1.165) is 0 Å². The molecule has 0 aliphatic rings. The summed E-state index contributed by atoms with van der Waals surface area (Å²) in [5.41, 5.74) is -0.115. The molecule has 0 amide bonds. The van der Waals surface area contributed by atoms with Gasteiger partial charge in [-0.1, -0.05) is 5.57 Å². The number of nitrogens with one attached hydrogen (secondary N) is 1. The second kappa shape index (κ2) is 7.35. The molecule has 0 aliphatic carbocycles. The molecule has 2 nitrogen and oxygen atoms in total. The second-order valence-corrected chi connectivity index (χ2v) is 3.99. The third-order valence-electron chi connectivity index (χ3n) is 1.87. The number of allylic oxidation sites excluding steroid dienone is 3. The molecule has 0 aliphatic heterocycles. The summed E-state index contributed by atoms with van der Waals surface area (Å²) >= 11 is 0. The van der Waals surface area contributed by atoms with Gasteiger partial charge < -0.3 is 5.32 Å². The zero-order valence-corrected chi connectivity index (χ0v) is 10.0. The lowest BCUT2D eigenvalue weighted by atomic mass is 10.1. The van der Waals surface area contributed by atoms with Crippen molar-refractivity contribution in [1.29, 1.82) is 0 Å². The van der Waals surface area contributed by atoms with Gasteiger partial charge in [-0.05, 0) is 52.9 Å². The number of nitrogens with zero attached hydrogens (tertiary/aromatic N) is 1. The monoisotopic (exact) mass is 212 g/mol. The first-order chi connectivity index (χ1) is 6.98. The predicted octanol–water partition coefficient (Wildman–Crippen LogP) is 2.87. The van der Waals surface area contributed by atoms with Crippen LogP contribution in [0.5, 0.6) is 0 Å². The van der Waals surface area contributed by atoms with Gasteiger partial charge in [0.05, 0.1) is 0 Å².